The molecule has 1 amide bonds. The molecule has 0 aliphatic rings. The monoisotopic (exact) mass is 436 g/mol. The Morgan fingerprint density at radius 1 is 1.29 bits per heavy atom. The Labute approximate surface area is 156 Å². The topological polar surface area (TPSA) is 50.7 Å². The Hall–Kier alpha value is -1.89. The molecule has 0 fully saturated rings. The van der Waals surface area contributed by atoms with Gasteiger partial charge in [0.2, 0.25) is 0 Å². The molecule has 5 heteroatoms. The summed E-state index contributed by atoms with van der Waals surface area (Å²) >= 11 is 2.23. The van der Waals surface area contributed by atoms with Crippen LogP contribution in [0.5, 0.6) is 5.75 Å². The molecule has 0 unspecified atom stereocenters. The van der Waals surface area contributed by atoms with Crippen LogP contribution in [0.3, 0.4) is 0 Å². The van der Waals surface area contributed by atoms with E-state index in [2.05, 4.69) is 47.0 Å². The molecule has 0 aromatic heterocycles. The molecule has 126 valence electrons. The summed E-state index contributed by atoms with van der Waals surface area (Å²) in [6, 6.07) is 13.9. The lowest BCUT2D eigenvalue weighted by Gasteiger charge is -2.14. The number of halogens is 1. The molecule has 0 atom stereocenters. The number of carbonyl (C=O) groups excluding carboxylic acids is 1. The Kier molecular flexibility index (Phi) is 6.78. The summed E-state index contributed by atoms with van der Waals surface area (Å²) in [6.45, 7) is 6.14. The van der Waals surface area contributed by atoms with Crippen LogP contribution < -0.4 is 10.2 Å². The number of nitrogens with zero attached hydrogens (tertiary/aromatic N) is 1. The minimum atomic E-state index is -0.284. The summed E-state index contributed by atoms with van der Waals surface area (Å²) in [6.07, 6.45) is 1.62. The van der Waals surface area contributed by atoms with Crippen molar-refractivity contribution in [3.63, 3.8) is 0 Å². The molecule has 0 saturated heterocycles. The van der Waals surface area contributed by atoms with E-state index in [0.717, 1.165) is 26.0 Å². The number of hydrogen-bond donors (Lipinski definition) is 1. The molecule has 2 rings (SSSR count). The molecule has 1 N–H and O–H groups in total. The van der Waals surface area contributed by atoms with Gasteiger partial charge in [0.05, 0.1) is 6.21 Å². The van der Waals surface area contributed by atoms with Crippen molar-refractivity contribution in [2.24, 2.45) is 5.10 Å². The Balaban J connectivity index is 1.91. The van der Waals surface area contributed by atoms with Gasteiger partial charge in [0.15, 0.2) is 6.61 Å². The highest BCUT2D eigenvalue weighted by atomic mass is 127. The average Bonchev–Trinajstić information content (AvgIpc) is 2.53. The van der Waals surface area contributed by atoms with E-state index in [9.17, 15) is 4.79 Å². The number of benzene rings is 2. The Morgan fingerprint density at radius 3 is 2.79 bits per heavy atom. The summed E-state index contributed by atoms with van der Waals surface area (Å²) in [7, 11) is 0. The van der Waals surface area contributed by atoms with Gasteiger partial charge in [-0.1, -0.05) is 38.1 Å². The second-order valence-electron chi connectivity index (χ2n) is 5.83. The molecule has 0 radical (unpaired) electrons. The first-order valence-corrected chi connectivity index (χ1v) is 8.84. The third kappa shape index (κ3) is 5.63. The van der Waals surface area contributed by atoms with Crippen molar-refractivity contribution in [3.05, 3.63) is 62.7 Å². The lowest BCUT2D eigenvalue weighted by Crippen LogP contribution is -2.25. The molecule has 0 spiro atoms. The molecular formula is C19H21IN2O2. The number of hydrazone groups is 1. The normalized spacial score (nSPS) is 11.0. The number of carbonyl (C=O) groups is 1. The van der Waals surface area contributed by atoms with Crippen LogP contribution in [0.4, 0.5) is 0 Å². The maximum Gasteiger partial charge on any atom is 0.277 e. The van der Waals surface area contributed by atoms with Crippen LogP contribution in [0.15, 0.2) is 47.6 Å². The predicted molar refractivity (Wildman–Crippen MR) is 106 cm³/mol. The molecule has 0 heterocycles. The largest absolute Gasteiger partial charge is 0.483 e. The highest BCUT2D eigenvalue weighted by Gasteiger charge is 2.09. The molecule has 4 nitrogen and oxygen atoms in total. The average molecular weight is 436 g/mol. The first-order valence-electron chi connectivity index (χ1n) is 7.76. The maximum absolute atomic E-state index is 11.9. The smallest absolute Gasteiger partial charge is 0.277 e. The zero-order chi connectivity index (χ0) is 17.5. The van der Waals surface area contributed by atoms with Crippen LogP contribution in [-0.2, 0) is 4.79 Å². The maximum atomic E-state index is 11.9. The molecule has 2 aromatic carbocycles. The van der Waals surface area contributed by atoms with E-state index in [1.807, 2.05) is 49.4 Å². The van der Waals surface area contributed by atoms with Crippen LogP contribution in [0.1, 0.15) is 36.5 Å². The van der Waals surface area contributed by atoms with Gasteiger partial charge >= 0.3 is 0 Å². The Bertz CT molecular complexity index is 742. The number of nitrogens with one attached hydrogen (secondary N) is 1. The molecular weight excluding hydrogens is 415 g/mol. The van der Waals surface area contributed by atoms with Gasteiger partial charge in [-0.05, 0) is 70.3 Å². The molecule has 2 aromatic rings. The number of rotatable bonds is 6. The third-order valence-electron chi connectivity index (χ3n) is 3.40. The van der Waals surface area contributed by atoms with Gasteiger partial charge in [-0.25, -0.2) is 5.43 Å². The van der Waals surface area contributed by atoms with Gasteiger partial charge in [0.25, 0.3) is 5.91 Å². The number of hydrogen-bond acceptors (Lipinski definition) is 3. The summed E-state index contributed by atoms with van der Waals surface area (Å²) in [4.78, 5) is 11.9. The van der Waals surface area contributed by atoms with E-state index >= 15 is 0 Å². The number of amides is 1. The SMILES string of the molecule is Cc1ccc(C(C)C)c(OCC(=O)NN=Cc2cccc(I)c2)c1. The predicted octanol–water partition coefficient (Wildman–Crippen LogP) is 4.25. The van der Waals surface area contributed by atoms with Gasteiger partial charge in [0, 0.05) is 3.57 Å². The fourth-order valence-electron chi connectivity index (χ4n) is 2.18. The van der Waals surface area contributed by atoms with E-state index in [0.29, 0.717) is 5.92 Å². The van der Waals surface area contributed by atoms with E-state index in [-0.39, 0.29) is 12.5 Å². The standard InChI is InChI=1S/C19H21IN2O2/c1-13(2)17-8-7-14(3)9-18(17)24-12-19(23)22-21-11-15-5-4-6-16(20)10-15/h4-11,13H,12H2,1-3H3,(H,22,23). The summed E-state index contributed by atoms with van der Waals surface area (Å²) in [5, 5.41) is 3.96. The number of aryl methyl sites for hydroxylation is 1. The minimum absolute atomic E-state index is 0.0627. The third-order valence-corrected chi connectivity index (χ3v) is 4.07. The van der Waals surface area contributed by atoms with Gasteiger partial charge < -0.3 is 4.74 Å². The van der Waals surface area contributed by atoms with E-state index in [1.54, 1.807) is 6.21 Å². The highest BCUT2D eigenvalue weighted by Crippen LogP contribution is 2.27. The minimum Gasteiger partial charge on any atom is -0.483 e. The second-order valence-corrected chi connectivity index (χ2v) is 7.08. The lowest BCUT2D eigenvalue weighted by atomic mass is 10.0. The van der Waals surface area contributed by atoms with Crippen LogP contribution in [0.2, 0.25) is 0 Å². The van der Waals surface area contributed by atoms with Gasteiger partial charge in [-0.3, -0.25) is 4.79 Å². The lowest BCUT2D eigenvalue weighted by molar-refractivity contribution is -0.123. The highest BCUT2D eigenvalue weighted by molar-refractivity contribution is 14.1. The zero-order valence-electron chi connectivity index (χ0n) is 14.0. The first kappa shape index (κ1) is 18.4. The van der Waals surface area contributed by atoms with Crippen molar-refractivity contribution in [2.45, 2.75) is 26.7 Å². The quantitative estimate of drug-likeness (QED) is 0.418. The second kappa shape index (κ2) is 8.82. The molecule has 0 aliphatic carbocycles. The van der Waals surface area contributed by atoms with Crippen LogP contribution in [0, 0.1) is 10.5 Å². The van der Waals surface area contributed by atoms with Crippen molar-refractivity contribution in [3.8, 4) is 5.75 Å². The van der Waals surface area contributed by atoms with E-state index in [4.69, 9.17) is 4.74 Å². The van der Waals surface area contributed by atoms with Crippen molar-refractivity contribution >= 4 is 34.7 Å². The van der Waals surface area contributed by atoms with Crippen LogP contribution >= 0.6 is 22.6 Å². The summed E-state index contributed by atoms with van der Waals surface area (Å²) < 4.78 is 6.79. The van der Waals surface area contributed by atoms with Crippen LogP contribution in [-0.4, -0.2) is 18.7 Å². The van der Waals surface area contributed by atoms with Crippen LogP contribution in [0.25, 0.3) is 0 Å². The van der Waals surface area contributed by atoms with Crippen molar-refractivity contribution in [2.75, 3.05) is 6.61 Å². The summed E-state index contributed by atoms with van der Waals surface area (Å²) in [5.41, 5.74) is 5.62. The zero-order valence-corrected chi connectivity index (χ0v) is 16.2. The van der Waals surface area contributed by atoms with Crippen molar-refractivity contribution in [1.29, 1.82) is 0 Å². The first-order chi connectivity index (χ1) is 11.5. The number of ether oxygens (including phenoxy) is 1. The molecule has 24 heavy (non-hydrogen) atoms. The van der Waals surface area contributed by atoms with Gasteiger partial charge in [0.1, 0.15) is 5.75 Å². The van der Waals surface area contributed by atoms with Gasteiger partial charge in [-0.2, -0.15) is 5.10 Å². The van der Waals surface area contributed by atoms with E-state index in [1.165, 1.54) is 0 Å². The Morgan fingerprint density at radius 2 is 2.08 bits per heavy atom. The fraction of sp³-hybridized carbons (Fsp3) is 0.263. The molecule has 0 saturated carbocycles. The van der Waals surface area contributed by atoms with Gasteiger partial charge in [-0.15, -0.1) is 0 Å². The molecule has 0 bridgehead atoms. The van der Waals surface area contributed by atoms with E-state index < -0.39 is 0 Å². The molecule has 0 aliphatic heterocycles. The van der Waals surface area contributed by atoms with Crippen molar-refractivity contribution in [1.82, 2.24) is 5.43 Å². The summed E-state index contributed by atoms with van der Waals surface area (Å²) in [5.74, 6) is 0.803. The fourth-order valence-corrected chi connectivity index (χ4v) is 2.75. The van der Waals surface area contributed by atoms with Crippen molar-refractivity contribution < 1.29 is 9.53 Å².